The Labute approximate surface area is 181 Å². The number of benzene rings is 1. The standard InChI is InChI=1S/C21H23Br2NO4/c1-2-3-4-5-15(25)28-12-8-6-11(7-9-12)24-20(26)16-13-10-14(17(16)21(24)27)19(23)18(13)22/h6-9,13-14,16-19H,2-5,10H2,1H3/t13-,14+,16-,17-,18-,19+/m0/s1. The normalized spacial score (nSPS) is 33.5. The van der Waals surface area contributed by atoms with E-state index < -0.39 is 0 Å². The van der Waals surface area contributed by atoms with Gasteiger partial charge >= 0.3 is 5.97 Å². The van der Waals surface area contributed by atoms with Gasteiger partial charge in [0.25, 0.3) is 0 Å². The number of halogens is 2. The second-order valence-electron chi connectivity index (χ2n) is 7.94. The summed E-state index contributed by atoms with van der Waals surface area (Å²) in [4.78, 5) is 39.7. The van der Waals surface area contributed by atoms with Gasteiger partial charge in [-0.05, 0) is 48.9 Å². The number of imide groups is 1. The summed E-state index contributed by atoms with van der Waals surface area (Å²) in [6, 6.07) is 6.67. The lowest BCUT2D eigenvalue weighted by Gasteiger charge is -2.28. The van der Waals surface area contributed by atoms with Crippen molar-refractivity contribution in [3.8, 4) is 5.75 Å². The fourth-order valence-electron chi connectivity index (χ4n) is 4.97. The lowest BCUT2D eigenvalue weighted by atomic mass is 9.81. The van der Waals surface area contributed by atoms with Crippen LogP contribution in [0.1, 0.15) is 39.0 Å². The second kappa shape index (κ2) is 7.90. The number of hydrogen-bond donors (Lipinski definition) is 0. The monoisotopic (exact) mass is 511 g/mol. The predicted molar refractivity (Wildman–Crippen MR) is 113 cm³/mol. The second-order valence-corrected chi connectivity index (χ2v) is 10.1. The molecular formula is C21H23Br2NO4. The van der Waals surface area contributed by atoms with Crippen LogP contribution in [0.2, 0.25) is 0 Å². The smallest absolute Gasteiger partial charge is 0.311 e. The van der Waals surface area contributed by atoms with Crippen LogP contribution in [0.25, 0.3) is 0 Å². The number of unbranched alkanes of at least 4 members (excludes halogenated alkanes) is 2. The Bertz CT molecular complexity index is 764. The molecule has 5 nitrogen and oxygen atoms in total. The minimum atomic E-state index is -0.257. The summed E-state index contributed by atoms with van der Waals surface area (Å²) in [7, 11) is 0. The van der Waals surface area contributed by atoms with Crippen LogP contribution in [0.4, 0.5) is 5.69 Å². The number of amides is 2. The summed E-state index contributed by atoms with van der Waals surface area (Å²) in [6.45, 7) is 2.08. The molecule has 0 unspecified atom stereocenters. The zero-order valence-electron chi connectivity index (χ0n) is 15.6. The van der Waals surface area contributed by atoms with Crippen LogP contribution >= 0.6 is 31.9 Å². The molecule has 0 spiro atoms. The summed E-state index contributed by atoms with van der Waals surface area (Å²) in [6.07, 6.45) is 4.18. The van der Waals surface area contributed by atoms with Crippen LogP contribution in [0.15, 0.2) is 24.3 Å². The van der Waals surface area contributed by atoms with E-state index in [1.165, 1.54) is 4.90 Å². The lowest BCUT2D eigenvalue weighted by Crippen LogP contribution is -2.37. The van der Waals surface area contributed by atoms with E-state index in [9.17, 15) is 14.4 Å². The van der Waals surface area contributed by atoms with Crippen molar-refractivity contribution in [2.75, 3.05) is 4.90 Å². The number of anilines is 1. The minimum absolute atomic E-state index is 0.101. The van der Waals surface area contributed by atoms with Gasteiger partial charge in [-0.1, -0.05) is 51.6 Å². The summed E-state index contributed by atoms with van der Waals surface area (Å²) in [5.41, 5.74) is 0.548. The molecule has 1 aromatic carbocycles. The maximum atomic E-state index is 13.0. The third-order valence-corrected chi connectivity index (χ3v) is 9.50. The molecule has 7 heteroatoms. The van der Waals surface area contributed by atoms with Gasteiger partial charge in [-0.25, -0.2) is 0 Å². The Morgan fingerprint density at radius 3 is 2.14 bits per heavy atom. The molecule has 1 saturated heterocycles. The van der Waals surface area contributed by atoms with Gasteiger partial charge in [0.1, 0.15) is 5.75 Å². The van der Waals surface area contributed by atoms with E-state index in [2.05, 4.69) is 38.8 Å². The first-order valence-electron chi connectivity index (χ1n) is 9.90. The molecule has 3 aliphatic rings. The number of carbonyl (C=O) groups excluding carboxylic acids is 3. The van der Waals surface area contributed by atoms with Gasteiger partial charge in [0.2, 0.25) is 11.8 Å². The van der Waals surface area contributed by atoms with E-state index in [1.807, 2.05) is 0 Å². The van der Waals surface area contributed by atoms with Gasteiger partial charge in [0.15, 0.2) is 0 Å². The Balaban J connectivity index is 1.46. The van der Waals surface area contributed by atoms with Crippen LogP contribution in [-0.2, 0) is 14.4 Å². The van der Waals surface area contributed by atoms with Gasteiger partial charge in [-0.15, -0.1) is 0 Å². The maximum Gasteiger partial charge on any atom is 0.311 e. The third kappa shape index (κ3) is 3.24. The number of alkyl halides is 2. The van der Waals surface area contributed by atoms with E-state index >= 15 is 0 Å². The number of esters is 1. The van der Waals surface area contributed by atoms with Crippen LogP contribution < -0.4 is 9.64 Å². The SMILES string of the molecule is CCCCCC(=O)Oc1ccc(N2C(=O)[C@H]3[C@@H]4C[C@@H]([C@@H](Br)[C@H]4Br)[C@@H]3C2=O)cc1. The first kappa shape index (κ1) is 20.1. The fraction of sp³-hybridized carbons (Fsp3) is 0.571. The van der Waals surface area contributed by atoms with Gasteiger partial charge in [0, 0.05) is 16.1 Å². The molecule has 1 heterocycles. The minimum Gasteiger partial charge on any atom is -0.427 e. The van der Waals surface area contributed by atoms with Crippen molar-refractivity contribution >= 4 is 55.3 Å². The van der Waals surface area contributed by atoms with E-state index in [-0.39, 0.29) is 51.1 Å². The van der Waals surface area contributed by atoms with Crippen molar-refractivity contribution in [3.05, 3.63) is 24.3 Å². The molecule has 0 radical (unpaired) electrons. The van der Waals surface area contributed by atoms with Crippen molar-refractivity contribution in [2.24, 2.45) is 23.7 Å². The Morgan fingerprint density at radius 2 is 1.61 bits per heavy atom. The van der Waals surface area contributed by atoms with Gasteiger partial charge in [-0.2, -0.15) is 0 Å². The highest BCUT2D eigenvalue weighted by Gasteiger charge is 2.66. The van der Waals surface area contributed by atoms with Crippen LogP contribution in [0.5, 0.6) is 5.75 Å². The average molecular weight is 513 g/mol. The molecular weight excluding hydrogens is 490 g/mol. The van der Waals surface area contributed by atoms with Gasteiger partial charge in [0.05, 0.1) is 17.5 Å². The van der Waals surface area contributed by atoms with E-state index in [0.29, 0.717) is 17.9 Å². The molecule has 2 saturated carbocycles. The molecule has 6 atom stereocenters. The number of nitrogens with zero attached hydrogens (tertiary/aromatic N) is 1. The van der Waals surface area contributed by atoms with Crippen LogP contribution in [-0.4, -0.2) is 27.4 Å². The molecule has 1 aromatic rings. The largest absolute Gasteiger partial charge is 0.427 e. The zero-order valence-corrected chi connectivity index (χ0v) is 18.8. The fourth-order valence-corrected chi connectivity index (χ4v) is 6.84. The van der Waals surface area contributed by atoms with Crippen molar-refractivity contribution in [1.82, 2.24) is 0 Å². The average Bonchev–Trinajstić information content (AvgIpc) is 3.28. The first-order valence-corrected chi connectivity index (χ1v) is 11.7. The maximum absolute atomic E-state index is 13.0. The van der Waals surface area contributed by atoms with Crippen molar-refractivity contribution in [1.29, 1.82) is 0 Å². The highest BCUT2D eigenvalue weighted by molar-refractivity contribution is 9.12. The summed E-state index contributed by atoms with van der Waals surface area (Å²) in [5.74, 6) is -0.0869. The Kier molecular flexibility index (Phi) is 5.67. The highest BCUT2D eigenvalue weighted by atomic mass is 79.9. The lowest BCUT2D eigenvalue weighted by molar-refractivity contribution is -0.134. The molecule has 2 aliphatic carbocycles. The van der Waals surface area contributed by atoms with Crippen LogP contribution in [0.3, 0.4) is 0 Å². The number of rotatable bonds is 6. The summed E-state index contributed by atoms with van der Waals surface area (Å²) >= 11 is 7.40. The number of hydrogen-bond acceptors (Lipinski definition) is 4. The highest BCUT2D eigenvalue weighted by Crippen LogP contribution is 2.60. The molecule has 2 bridgehead atoms. The van der Waals surface area contributed by atoms with Crippen molar-refractivity contribution in [2.45, 2.75) is 48.7 Å². The molecule has 0 N–H and O–H groups in total. The van der Waals surface area contributed by atoms with E-state index in [0.717, 1.165) is 25.7 Å². The van der Waals surface area contributed by atoms with Crippen molar-refractivity contribution < 1.29 is 19.1 Å². The number of fused-ring (bicyclic) bond motifs is 5. The third-order valence-electron chi connectivity index (χ3n) is 6.30. The quantitative estimate of drug-likeness (QED) is 0.186. The molecule has 1 aliphatic heterocycles. The molecule has 3 fully saturated rings. The molecule has 4 rings (SSSR count). The summed E-state index contributed by atoms with van der Waals surface area (Å²) in [5, 5.41) is 0. The Hall–Kier alpha value is -1.21. The zero-order chi connectivity index (χ0) is 20.0. The number of ether oxygens (including phenoxy) is 1. The molecule has 150 valence electrons. The van der Waals surface area contributed by atoms with Crippen LogP contribution in [0, 0.1) is 23.7 Å². The van der Waals surface area contributed by atoms with Gasteiger partial charge < -0.3 is 4.74 Å². The first-order chi connectivity index (χ1) is 13.4. The molecule has 2 amide bonds. The van der Waals surface area contributed by atoms with E-state index in [1.54, 1.807) is 24.3 Å². The van der Waals surface area contributed by atoms with Gasteiger partial charge in [-0.3, -0.25) is 19.3 Å². The summed E-state index contributed by atoms with van der Waals surface area (Å²) < 4.78 is 5.34. The number of carbonyl (C=O) groups is 3. The Morgan fingerprint density at radius 1 is 1.04 bits per heavy atom. The van der Waals surface area contributed by atoms with Crippen molar-refractivity contribution in [3.63, 3.8) is 0 Å². The predicted octanol–water partition coefficient (Wildman–Crippen LogP) is 4.45. The topological polar surface area (TPSA) is 63.7 Å². The molecule has 28 heavy (non-hydrogen) atoms. The van der Waals surface area contributed by atoms with E-state index in [4.69, 9.17) is 4.74 Å². The molecule has 0 aromatic heterocycles.